The van der Waals surface area contributed by atoms with Gasteiger partial charge in [0.25, 0.3) is 5.91 Å². The van der Waals surface area contributed by atoms with Gasteiger partial charge in [-0.05, 0) is 24.6 Å². The fourth-order valence-electron chi connectivity index (χ4n) is 1.25. The maximum absolute atomic E-state index is 11.8. The minimum Gasteiger partial charge on any atom is -0.399 e. The van der Waals surface area contributed by atoms with Crippen LogP contribution in [0.5, 0.6) is 0 Å². The van der Waals surface area contributed by atoms with Gasteiger partial charge in [0, 0.05) is 16.3 Å². The number of nitrogens with one attached hydrogen (secondary N) is 1. The Labute approximate surface area is 100.0 Å². The summed E-state index contributed by atoms with van der Waals surface area (Å²) >= 11 is 5.80. The third-order valence-electron chi connectivity index (χ3n) is 2.10. The lowest BCUT2D eigenvalue weighted by molar-refractivity contribution is 0.0945. The van der Waals surface area contributed by atoms with Crippen LogP contribution in [-0.4, -0.2) is 11.9 Å². The number of hydrogen-bond acceptors (Lipinski definition) is 2. The van der Waals surface area contributed by atoms with Crippen molar-refractivity contribution in [1.82, 2.24) is 5.32 Å². The molecule has 0 spiro atoms. The van der Waals surface area contributed by atoms with Crippen LogP contribution in [0, 0.1) is 12.3 Å². The Bertz CT molecular complexity index is 417. The van der Waals surface area contributed by atoms with Gasteiger partial charge in [-0.3, -0.25) is 4.79 Å². The summed E-state index contributed by atoms with van der Waals surface area (Å²) in [5.41, 5.74) is 6.45. The predicted molar refractivity (Wildman–Crippen MR) is 66.2 cm³/mol. The second kappa shape index (κ2) is 5.43. The Morgan fingerprint density at radius 2 is 2.31 bits per heavy atom. The Kier molecular flexibility index (Phi) is 4.21. The Morgan fingerprint density at radius 3 is 2.81 bits per heavy atom. The predicted octanol–water partition coefficient (Wildman–Crippen LogP) is 2.06. The van der Waals surface area contributed by atoms with E-state index in [1.807, 2.05) is 6.92 Å². The van der Waals surface area contributed by atoms with Crippen molar-refractivity contribution in [2.75, 3.05) is 5.73 Å². The van der Waals surface area contributed by atoms with Crippen LogP contribution >= 0.6 is 11.6 Å². The smallest absolute Gasteiger partial charge is 0.252 e. The summed E-state index contributed by atoms with van der Waals surface area (Å²) in [5.74, 6) is 2.22. The molecule has 0 aliphatic rings. The lowest BCUT2D eigenvalue weighted by atomic mass is 10.1. The van der Waals surface area contributed by atoms with Crippen LogP contribution in [0.25, 0.3) is 0 Å². The number of halogens is 1. The van der Waals surface area contributed by atoms with E-state index < -0.39 is 0 Å². The van der Waals surface area contributed by atoms with Crippen LogP contribution in [-0.2, 0) is 0 Å². The van der Waals surface area contributed by atoms with Gasteiger partial charge < -0.3 is 11.1 Å². The molecule has 0 bridgehead atoms. The van der Waals surface area contributed by atoms with Crippen molar-refractivity contribution >= 4 is 23.2 Å². The maximum Gasteiger partial charge on any atom is 0.252 e. The summed E-state index contributed by atoms with van der Waals surface area (Å²) in [6.45, 7) is 1.90. The van der Waals surface area contributed by atoms with E-state index in [2.05, 4.69) is 11.2 Å². The summed E-state index contributed by atoms with van der Waals surface area (Å²) in [4.78, 5) is 11.8. The standard InChI is InChI=1S/C12H13ClN2O/c1-3-11(4-2)15-12(16)8-5-9(13)7-10(14)6-8/h1,5-7,11H,4,14H2,2H3,(H,15,16). The summed E-state index contributed by atoms with van der Waals surface area (Å²) in [5, 5.41) is 3.13. The number of hydrogen-bond donors (Lipinski definition) is 2. The summed E-state index contributed by atoms with van der Waals surface area (Å²) in [6, 6.07) is 4.42. The SMILES string of the molecule is C#CC(CC)NC(=O)c1cc(N)cc(Cl)c1. The molecule has 3 N–H and O–H groups in total. The zero-order chi connectivity index (χ0) is 12.1. The Balaban J connectivity index is 2.85. The first-order valence-corrected chi connectivity index (χ1v) is 5.27. The number of nitrogens with two attached hydrogens (primary N) is 1. The molecule has 1 aromatic carbocycles. The molecule has 4 heteroatoms. The first-order chi connectivity index (χ1) is 7.56. The van der Waals surface area contributed by atoms with Gasteiger partial charge in [-0.2, -0.15) is 0 Å². The molecule has 0 radical (unpaired) electrons. The molecular formula is C12H13ClN2O. The van der Waals surface area contributed by atoms with Gasteiger partial charge in [-0.1, -0.05) is 24.4 Å². The molecule has 1 rings (SSSR count). The van der Waals surface area contributed by atoms with Gasteiger partial charge >= 0.3 is 0 Å². The van der Waals surface area contributed by atoms with E-state index in [0.29, 0.717) is 22.7 Å². The highest BCUT2D eigenvalue weighted by Crippen LogP contribution is 2.16. The van der Waals surface area contributed by atoms with Crippen LogP contribution in [0.1, 0.15) is 23.7 Å². The second-order valence-corrected chi connectivity index (χ2v) is 3.81. The second-order valence-electron chi connectivity index (χ2n) is 3.37. The third kappa shape index (κ3) is 3.18. The van der Waals surface area contributed by atoms with Crippen LogP contribution in [0.15, 0.2) is 18.2 Å². The molecule has 3 nitrogen and oxygen atoms in total. The summed E-state index contributed by atoms with van der Waals surface area (Å²) < 4.78 is 0. The Hall–Kier alpha value is -1.66. The van der Waals surface area contributed by atoms with Gasteiger partial charge in [0.1, 0.15) is 0 Å². The average Bonchev–Trinajstić information content (AvgIpc) is 2.24. The molecular weight excluding hydrogens is 224 g/mol. The van der Waals surface area contributed by atoms with Crippen molar-refractivity contribution in [3.05, 3.63) is 28.8 Å². The topological polar surface area (TPSA) is 55.1 Å². The normalized spacial score (nSPS) is 11.6. The van der Waals surface area contributed by atoms with Gasteiger partial charge in [0.15, 0.2) is 0 Å². The van der Waals surface area contributed by atoms with Crippen molar-refractivity contribution in [2.24, 2.45) is 0 Å². The van der Waals surface area contributed by atoms with Crippen LogP contribution in [0.4, 0.5) is 5.69 Å². The molecule has 0 saturated carbocycles. The lowest BCUT2D eigenvalue weighted by Gasteiger charge is -2.11. The van der Waals surface area contributed by atoms with Crippen molar-refractivity contribution in [3.8, 4) is 12.3 Å². The molecule has 1 aromatic rings. The van der Waals surface area contributed by atoms with Crippen molar-refractivity contribution in [1.29, 1.82) is 0 Å². The van der Waals surface area contributed by atoms with E-state index in [-0.39, 0.29) is 11.9 Å². The minimum absolute atomic E-state index is 0.265. The number of nitrogen functional groups attached to an aromatic ring is 1. The fraction of sp³-hybridized carbons (Fsp3) is 0.250. The van der Waals surface area contributed by atoms with Crippen molar-refractivity contribution in [2.45, 2.75) is 19.4 Å². The molecule has 1 amide bonds. The zero-order valence-electron chi connectivity index (χ0n) is 8.96. The van der Waals surface area contributed by atoms with Crippen LogP contribution in [0.3, 0.4) is 0 Å². The molecule has 0 heterocycles. The van der Waals surface area contributed by atoms with Crippen LogP contribution in [0.2, 0.25) is 5.02 Å². The van der Waals surface area contributed by atoms with E-state index in [9.17, 15) is 4.79 Å². The molecule has 1 atom stereocenters. The van der Waals surface area contributed by atoms with Crippen molar-refractivity contribution < 1.29 is 4.79 Å². The Morgan fingerprint density at radius 1 is 1.62 bits per heavy atom. The molecule has 84 valence electrons. The molecule has 0 fully saturated rings. The van der Waals surface area contributed by atoms with Crippen molar-refractivity contribution in [3.63, 3.8) is 0 Å². The van der Waals surface area contributed by atoms with E-state index >= 15 is 0 Å². The summed E-state index contributed by atoms with van der Waals surface area (Å²) in [6.07, 6.45) is 5.93. The van der Waals surface area contributed by atoms with Gasteiger partial charge in [0.2, 0.25) is 0 Å². The number of carbonyl (C=O) groups excluding carboxylic acids is 1. The average molecular weight is 237 g/mol. The number of carbonyl (C=O) groups is 1. The van der Waals surface area contributed by atoms with E-state index in [4.69, 9.17) is 23.8 Å². The van der Waals surface area contributed by atoms with E-state index in [0.717, 1.165) is 0 Å². The van der Waals surface area contributed by atoms with Gasteiger partial charge in [-0.15, -0.1) is 6.42 Å². The van der Waals surface area contributed by atoms with E-state index in [1.54, 1.807) is 18.2 Å². The highest BCUT2D eigenvalue weighted by atomic mass is 35.5. The molecule has 16 heavy (non-hydrogen) atoms. The quantitative estimate of drug-likeness (QED) is 0.624. The van der Waals surface area contributed by atoms with Gasteiger partial charge in [0.05, 0.1) is 6.04 Å². The number of benzene rings is 1. The monoisotopic (exact) mass is 236 g/mol. The highest BCUT2D eigenvalue weighted by Gasteiger charge is 2.10. The van der Waals surface area contributed by atoms with Crippen LogP contribution < -0.4 is 11.1 Å². The first-order valence-electron chi connectivity index (χ1n) is 4.90. The minimum atomic E-state index is -0.271. The first kappa shape index (κ1) is 12.4. The number of anilines is 1. The number of terminal acetylenes is 1. The highest BCUT2D eigenvalue weighted by molar-refractivity contribution is 6.31. The molecule has 0 aromatic heterocycles. The summed E-state index contributed by atoms with van der Waals surface area (Å²) in [7, 11) is 0. The lowest BCUT2D eigenvalue weighted by Crippen LogP contribution is -2.33. The fourth-order valence-corrected chi connectivity index (χ4v) is 1.49. The van der Waals surface area contributed by atoms with E-state index in [1.165, 1.54) is 0 Å². The zero-order valence-corrected chi connectivity index (χ0v) is 9.71. The molecule has 0 aliphatic carbocycles. The molecule has 0 aliphatic heterocycles. The third-order valence-corrected chi connectivity index (χ3v) is 2.32. The number of amides is 1. The number of rotatable bonds is 3. The largest absolute Gasteiger partial charge is 0.399 e. The molecule has 1 unspecified atom stereocenters. The maximum atomic E-state index is 11.8. The van der Waals surface area contributed by atoms with Gasteiger partial charge in [-0.25, -0.2) is 0 Å². The molecule has 0 saturated heterocycles.